The molecule has 12 heteroatoms. The topological polar surface area (TPSA) is 156 Å². The lowest BCUT2D eigenvalue weighted by molar-refractivity contribution is -0.163. The Balaban J connectivity index is 1.59. The minimum Gasteiger partial charge on any atom is -0.445 e. The van der Waals surface area contributed by atoms with Crippen LogP contribution < -0.4 is 20.9 Å². The van der Waals surface area contributed by atoms with E-state index in [1.165, 1.54) is 4.90 Å². The number of fused-ring (bicyclic) bond motifs is 1. The number of hydrogen-bond donors (Lipinski definition) is 4. The molecule has 1 fully saturated rings. The van der Waals surface area contributed by atoms with Gasteiger partial charge in [-0.25, -0.2) is 4.79 Å². The van der Waals surface area contributed by atoms with Gasteiger partial charge in [0, 0.05) is 31.1 Å². The maximum absolute atomic E-state index is 14.8. The Kier molecular flexibility index (Phi) is 20.3. The first-order chi connectivity index (χ1) is 28.9. The van der Waals surface area contributed by atoms with Crippen LogP contribution in [0.3, 0.4) is 0 Å². The van der Waals surface area contributed by atoms with Gasteiger partial charge in [0.05, 0.1) is 17.8 Å². The standard InChI is InChI=1S/C48H70N4O8/c1-7-8-24-42(52(41-25-16-21-37-20-12-13-23-39(37)41)47(56)35(6)50-48(57)60-32-36-18-10-9-11-19-36)46(55)51-40(29-33(2)3)43(53)30-38(45(54)49-31-34(4)5)22-17-28-59-44-26-14-15-27-58-44/h9-13,16,18-21,23,25,33-35,38,40,42-44,53H,7-8,14-15,17,22,24,26-32H2,1-6H3,(H,49,54)(H,50,57)(H,51,55)/t35-,38?,40-,42-,43-,44?/m0/s1. The molecular weight excluding hydrogens is 761 g/mol. The zero-order valence-corrected chi connectivity index (χ0v) is 36.7. The third kappa shape index (κ3) is 15.5. The summed E-state index contributed by atoms with van der Waals surface area (Å²) in [6.07, 6.45) is 4.34. The third-order valence-corrected chi connectivity index (χ3v) is 10.9. The fraction of sp³-hybridized carbons (Fsp3) is 0.583. The Labute approximate surface area is 357 Å². The lowest BCUT2D eigenvalue weighted by atomic mass is 9.89. The number of alkyl carbamates (subject to hydrolysis) is 1. The molecule has 4 amide bonds. The van der Waals surface area contributed by atoms with E-state index in [1.54, 1.807) is 6.92 Å². The summed E-state index contributed by atoms with van der Waals surface area (Å²) in [7, 11) is 0. The average molecular weight is 831 g/mol. The number of hydrogen-bond acceptors (Lipinski definition) is 8. The summed E-state index contributed by atoms with van der Waals surface area (Å²) in [6, 6.07) is 19.8. The van der Waals surface area contributed by atoms with E-state index < -0.39 is 48.1 Å². The van der Waals surface area contributed by atoms with Gasteiger partial charge in [-0.05, 0) is 87.1 Å². The van der Waals surface area contributed by atoms with E-state index in [4.69, 9.17) is 14.2 Å². The molecule has 0 radical (unpaired) electrons. The van der Waals surface area contributed by atoms with Gasteiger partial charge in [-0.2, -0.15) is 0 Å². The molecule has 2 unspecified atom stereocenters. The van der Waals surface area contributed by atoms with Crippen molar-refractivity contribution in [2.24, 2.45) is 17.8 Å². The Bertz CT molecular complexity index is 1760. The molecule has 1 heterocycles. The van der Waals surface area contributed by atoms with Gasteiger partial charge in [-0.3, -0.25) is 19.3 Å². The number of ether oxygens (including phenoxy) is 3. The number of aliphatic hydroxyl groups is 1. The van der Waals surface area contributed by atoms with Gasteiger partial charge in [-0.1, -0.05) is 114 Å². The van der Waals surface area contributed by atoms with Crippen molar-refractivity contribution in [3.63, 3.8) is 0 Å². The Morgan fingerprint density at radius 2 is 1.57 bits per heavy atom. The van der Waals surface area contributed by atoms with Crippen molar-refractivity contribution in [2.45, 2.75) is 143 Å². The van der Waals surface area contributed by atoms with Crippen LogP contribution in [0.25, 0.3) is 10.8 Å². The van der Waals surface area contributed by atoms with Crippen molar-refractivity contribution in [3.8, 4) is 0 Å². The molecule has 1 aliphatic heterocycles. The highest BCUT2D eigenvalue weighted by molar-refractivity contribution is 6.09. The minimum absolute atomic E-state index is 0.0329. The highest BCUT2D eigenvalue weighted by atomic mass is 16.7. The van der Waals surface area contributed by atoms with Crippen LogP contribution in [0.15, 0.2) is 72.8 Å². The number of nitrogens with one attached hydrogen (secondary N) is 3. The summed E-state index contributed by atoms with van der Waals surface area (Å²) < 4.78 is 17.1. The molecule has 330 valence electrons. The molecule has 60 heavy (non-hydrogen) atoms. The third-order valence-electron chi connectivity index (χ3n) is 10.9. The molecule has 0 bridgehead atoms. The predicted octanol–water partition coefficient (Wildman–Crippen LogP) is 8.04. The molecule has 0 saturated carbocycles. The number of carbonyl (C=O) groups is 4. The Morgan fingerprint density at radius 3 is 2.27 bits per heavy atom. The van der Waals surface area contributed by atoms with Crippen LogP contribution in [0, 0.1) is 17.8 Å². The van der Waals surface area contributed by atoms with Crippen molar-refractivity contribution in [1.29, 1.82) is 0 Å². The van der Waals surface area contributed by atoms with Gasteiger partial charge >= 0.3 is 6.09 Å². The molecule has 4 N–H and O–H groups in total. The molecule has 1 saturated heterocycles. The number of carbonyl (C=O) groups excluding carboxylic acids is 4. The molecule has 0 aromatic heterocycles. The van der Waals surface area contributed by atoms with Crippen LogP contribution >= 0.6 is 0 Å². The first kappa shape index (κ1) is 48.1. The van der Waals surface area contributed by atoms with Gasteiger partial charge in [0.15, 0.2) is 6.29 Å². The minimum atomic E-state index is -1.06. The zero-order chi connectivity index (χ0) is 43.4. The second kappa shape index (κ2) is 25.3. The number of benzene rings is 3. The molecule has 6 atom stereocenters. The zero-order valence-electron chi connectivity index (χ0n) is 36.7. The van der Waals surface area contributed by atoms with Crippen molar-refractivity contribution >= 4 is 40.3 Å². The van der Waals surface area contributed by atoms with Gasteiger partial charge in [0.25, 0.3) is 0 Å². The van der Waals surface area contributed by atoms with E-state index in [9.17, 15) is 24.3 Å². The summed E-state index contributed by atoms with van der Waals surface area (Å²) in [5, 5.41) is 22.5. The highest BCUT2D eigenvalue weighted by Gasteiger charge is 2.37. The summed E-state index contributed by atoms with van der Waals surface area (Å²) in [5.74, 6) is -1.20. The van der Waals surface area contributed by atoms with E-state index in [-0.39, 0.29) is 37.1 Å². The quantitative estimate of drug-likeness (QED) is 0.0662. The summed E-state index contributed by atoms with van der Waals surface area (Å²) in [5.41, 5.74) is 1.34. The summed E-state index contributed by atoms with van der Waals surface area (Å²) in [4.78, 5) is 57.7. The highest BCUT2D eigenvalue weighted by Crippen LogP contribution is 2.31. The van der Waals surface area contributed by atoms with E-state index in [0.717, 1.165) is 42.0 Å². The fourth-order valence-corrected chi connectivity index (χ4v) is 7.59. The average Bonchev–Trinajstić information content (AvgIpc) is 3.24. The van der Waals surface area contributed by atoms with E-state index in [2.05, 4.69) is 16.0 Å². The normalized spacial score (nSPS) is 16.7. The van der Waals surface area contributed by atoms with Crippen LogP contribution in [0.5, 0.6) is 0 Å². The molecule has 3 aromatic carbocycles. The van der Waals surface area contributed by atoms with Gasteiger partial charge in [-0.15, -0.1) is 0 Å². The molecule has 1 aliphatic rings. The van der Waals surface area contributed by atoms with E-state index >= 15 is 0 Å². The van der Waals surface area contributed by atoms with Crippen molar-refractivity contribution in [3.05, 3.63) is 78.4 Å². The molecule has 4 rings (SSSR count). The predicted molar refractivity (Wildman–Crippen MR) is 236 cm³/mol. The summed E-state index contributed by atoms with van der Waals surface area (Å²) >= 11 is 0. The van der Waals surface area contributed by atoms with Crippen LogP contribution in [0.1, 0.15) is 111 Å². The Hall–Kier alpha value is -4.52. The Morgan fingerprint density at radius 1 is 0.833 bits per heavy atom. The SMILES string of the molecule is CCCC[C@@H](C(=O)N[C@@H](CC(C)C)[C@@H](O)CC(CCCOC1CCCCO1)C(=O)NCC(C)C)N(C(=O)[C@H](C)NC(=O)OCc1ccccc1)c1cccc2ccccc12. The van der Waals surface area contributed by atoms with Crippen LogP contribution in [-0.4, -0.2) is 79.2 Å². The molecule has 3 aromatic rings. The van der Waals surface area contributed by atoms with Crippen LogP contribution in [-0.2, 0) is 35.2 Å². The first-order valence-electron chi connectivity index (χ1n) is 22.1. The number of nitrogens with zero attached hydrogens (tertiary/aromatic N) is 1. The van der Waals surface area contributed by atoms with E-state index in [1.807, 2.05) is 107 Å². The maximum atomic E-state index is 14.8. The van der Waals surface area contributed by atoms with Gasteiger partial charge < -0.3 is 35.3 Å². The fourth-order valence-electron chi connectivity index (χ4n) is 7.59. The molecule has 12 nitrogen and oxygen atoms in total. The summed E-state index contributed by atoms with van der Waals surface area (Å²) in [6.45, 7) is 13.4. The first-order valence-corrected chi connectivity index (χ1v) is 22.1. The number of unbranched alkanes of at least 4 members (excludes halogenated alkanes) is 1. The number of aliphatic hydroxyl groups excluding tert-OH is 1. The van der Waals surface area contributed by atoms with Crippen LogP contribution in [0.4, 0.5) is 10.5 Å². The van der Waals surface area contributed by atoms with Gasteiger partial charge in [0.2, 0.25) is 17.7 Å². The molecule has 0 aliphatic carbocycles. The van der Waals surface area contributed by atoms with Gasteiger partial charge in [0.1, 0.15) is 18.7 Å². The number of rotatable bonds is 24. The number of anilines is 1. The van der Waals surface area contributed by atoms with Crippen molar-refractivity contribution < 1.29 is 38.5 Å². The largest absolute Gasteiger partial charge is 0.445 e. The van der Waals surface area contributed by atoms with Crippen molar-refractivity contribution in [1.82, 2.24) is 16.0 Å². The monoisotopic (exact) mass is 831 g/mol. The number of amides is 4. The second-order valence-electron chi connectivity index (χ2n) is 17.0. The van der Waals surface area contributed by atoms with Crippen molar-refractivity contribution in [2.75, 3.05) is 24.7 Å². The second-order valence-corrected chi connectivity index (χ2v) is 17.0. The molecule has 0 spiro atoms. The van der Waals surface area contributed by atoms with Crippen LogP contribution in [0.2, 0.25) is 0 Å². The molecular formula is C48H70N4O8. The lowest BCUT2D eigenvalue weighted by Gasteiger charge is -2.36. The van der Waals surface area contributed by atoms with E-state index in [0.29, 0.717) is 57.6 Å². The smallest absolute Gasteiger partial charge is 0.408 e. The maximum Gasteiger partial charge on any atom is 0.408 e. The lowest BCUT2D eigenvalue weighted by Crippen LogP contribution is -2.58.